The van der Waals surface area contributed by atoms with Crippen LogP contribution in [-0.4, -0.2) is 53.2 Å². The third kappa shape index (κ3) is 4.80. The van der Waals surface area contributed by atoms with E-state index in [0.29, 0.717) is 54.8 Å². The van der Waals surface area contributed by atoms with Gasteiger partial charge in [-0.15, -0.1) is 0 Å². The minimum absolute atomic E-state index is 0.154. The molecular weight excluding hydrogens is 424 g/mol. The molecule has 1 aromatic carbocycles. The molecule has 10 heteroatoms. The van der Waals surface area contributed by atoms with Crippen LogP contribution in [0.4, 0.5) is 5.95 Å². The molecule has 0 spiro atoms. The number of nitrogen functional groups attached to an aromatic ring is 1. The zero-order valence-corrected chi connectivity index (χ0v) is 18.5. The van der Waals surface area contributed by atoms with Crippen molar-refractivity contribution in [2.45, 2.75) is 32.4 Å². The molecule has 0 amide bonds. The normalized spacial score (nSPS) is 12.2. The number of benzene rings is 1. The molecule has 0 bridgehead atoms. The maximum Gasteiger partial charge on any atom is 0.335 e. The van der Waals surface area contributed by atoms with E-state index in [0.717, 1.165) is 11.0 Å². The number of carboxylic acids is 1. The number of aliphatic hydroxyl groups is 1. The second kappa shape index (κ2) is 9.29. The number of aliphatic hydroxyl groups excluding tert-OH is 1. The summed E-state index contributed by atoms with van der Waals surface area (Å²) in [6.45, 7) is 2.43. The van der Waals surface area contributed by atoms with Crippen molar-refractivity contribution in [1.82, 2.24) is 24.3 Å². The van der Waals surface area contributed by atoms with E-state index in [4.69, 9.17) is 10.5 Å². The van der Waals surface area contributed by atoms with Crippen LogP contribution in [0.5, 0.6) is 5.88 Å². The molecule has 3 heterocycles. The van der Waals surface area contributed by atoms with Gasteiger partial charge in [0.2, 0.25) is 11.8 Å². The van der Waals surface area contributed by atoms with Crippen molar-refractivity contribution in [3.8, 4) is 17.1 Å². The average molecular weight is 450 g/mol. The first-order valence-corrected chi connectivity index (χ1v) is 10.6. The van der Waals surface area contributed by atoms with E-state index in [-0.39, 0.29) is 5.56 Å². The largest absolute Gasteiger partial charge is 0.478 e. The van der Waals surface area contributed by atoms with Crippen LogP contribution in [0.15, 0.2) is 42.6 Å². The van der Waals surface area contributed by atoms with Crippen LogP contribution >= 0.6 is 0 Å². The van der Waals surface area contributed by atoms with E-state index >= 15 is 0 Å². The lowest BCUT2D eigenvalue weighted by Gasteiger charge is -2.14. The fourth-order valence-corrected chi connectivity index (χ4v) is 3.78. The standard InChI is InChI=1S/C23H26N6O4/c1-14-10-15(22(31)32)11-19(26-14)17-12-25-28(2)21(17)33-9-5-6-16(30)13-29-20-8-4-3-7-18(20)27-23(29)24/h3-4,7-8,10-12,16,30H,5-6,9,13H2,1-2H3,(H2,24,27)(H,31,32). The van der Waals surface area contributed by atoms with Crippen LogP contribution in [0, 0.1) is 6.92 Å². The average Bonchev–Trinajstić information content (AvgIpc) is 3.30. The van der Waals surface area contributed by atoms with Gasteiger partial charge >= 0.3 is 5.97 Å². The summed E-state index contributed by atoms with van der Waals surface area (Å²) in [6, 6.07) is 10.6. The highest BCUT2D eigenvalue weighted by Gasteiger charge is 2.17. The number of carbonyl (C=O) groups is 1. The molecule has 0 aliphatic rings. The number of fused-ring (bicyclic) bond motifs is 1. The zero-order valence-electron chi connectivity index (χ0n) is 18.5. The quantitative estimate of drug-likeness (QED) is 0.331. The predicted octanol–water partition coefficient (Wildman–Crippen LogP) is 2.64. The van der Waals surface area contributed by atoms with Gasteiger partial charge in [0, 0.05) is 12.7 Å². The van der Waals surface area contributed by atoms with Crippen LogP contribution < -0.4 is 10.5 Å². The van der Waals surface area contributed by atoms with Crippen LogP contribution in [-0.2, 0) is 13.6 Å². The summed E-state index contributed by atoms with van der Waals surface area (Å²) in [4.78, 5) is 20.1. The number of aromatic carboxylic acids is 1. The molecular formula is C23H26N6O4. The Hall–Kier alpha value is -3.92. The van der Waals surface area contributed by atoms with Crippen LogP contribution in [0.25, 0.3) is 22.3 Å². The maximum atomic E-state index is 11.4. The second-order valence-corrected chi connectivity index (χ2v) is 7.89. The molecule has 172 valence electrons. The summed E-state index contributed by atoms with van der Waals surface area (Å²) in [7, 11) is 1.74. The number of nitrogens with zero attached hydrogens (tertiary/aromatic N) is 5. The number of imidazole rings is 1. The Balaban J connectivity index is 1.38. The minimum Gasteiger partial charge on any atom is -0.478 e. The van der Waals surface area contributed by atoms with Gasteiger partial charge in [-0.25, -0.2) is 14.5 Å². The first kappa shape index (κ1) is 22.3. The van der Waals surface area contributed by atoms with Gasteiger partial charge in [0.25, 0.3) is 0 Å². The lowest BCUT2D eigenvalue weighted by Crippen LogP contribution is -2.18. The molecule has 1 unspecified atom stereocenters. The molecule has 0 radical (unpaired) electrons. The van der Waals surface area contributed by atoms with E-state index in [1.165, 1.54) is 12.1 Å². The number of hydrogen-bond donors (Lipinski definition) is 3. The number of pyridine rings is 1. The number of ether oxygens (including phenoxy) is 1. The van der Waals surface area contributed by atoms with Gasteiger partial charge in [0.05, 0.1) is 53.3 Å². The minimum atomic E-state index is -1.02. The molecule has 0 saturated heterocycles. The van der Waals surface area contributed by atoms with Crippen molar-refractivity contribution in [3.05, 3.63) is 53.9 Å². The fraction of sp³-hybridized carbons (Fsp3) is 0.304. The van der Waals surface area contributed by atoms with Gasteiger partial charge < -0.3 is 25.3 Å². The molecule has 0 fully saturated rings. The maximum absolute atomic E-state index is 11.4. The van der Waals surface area contributed by atoms with Gasteiger partial charge in [-0.1, -0.05) is 12.1 Å². The smallest absolute Gasteiger partial charge is 0.335 e. The number of aryl methyl sites for hydroxylation is 2. The molecule has 4 rings (SSSR count). The number of nitrogens with two attached hydrogens (primary N) is 1. The van der Waals surface area contributed by atoms with Crippen molar-refractivity contribution < 1.29 is 19.7 Å². The highest BCUT2D eigenvalue weighted by molar-refractivity contribution is 5.89. The third-order valence-electron chi connectivity index (χ3n) is 5.36. The highest BCUT2D eigenvalue weighted by atomic mass is 16.5. The van der Waals surface area contributed by atoms with Crippen molar-refractivity contribution in [2.75, 3.05) is 12.3 Å². The van der Waals surface area contributed by atoms with E-state index in [2.05, 4.69) is 15.1 Å². The summed E-state index contributed by atoms with van der Waals surface area (Å²) < 4.78 is 9.33. The monoisotopic (exact) mass is 450 g/mol. The van der Waals surface area contributed by atoms with Gasteiger partial charge in [-0.2, -0.15) is 5.10 Å². The van der Waals surface area contributed by atoms with Gasteiger partial charge in [0.15, 0.2) is 0 Å². The molecule has 1 atom stereocenters. The summed E-state index contributed by atoms with van der Waals surface area (Å²) in [5.41, 5.74) is 9.54. The summed E-state index contributed by atoms with van der Waals surface area (Å²) in [6.07, 6.45) is 2.09. The SMILES string of the molecule is Cc1cc(C(=O)O)cc(-c2cnn(C)c2OCCCC(O)Cn2c(N)nc3ccccc32)n1. The molecule has 0 aliphatic heterocycles. The predicted molar refractivity (Wildman–Crippen MR) is 123 cm³/mol. The molecule has 4 aromatic rings. The van der Waals surface area contributed by atoms with Gasteiger partial charge in [-0.05, 0) is 44.0 Å². The molecule has 0 saturated carbocycles. The lowest BCUT2D eigenvalue weighted by molar-refractivity contribution is 0.0696. The topological polar surface area (TPSA) is 141 Å². The Morgan fingerprint density at radius 1 is 1.24 bits per heavy atom. The van der Waals surface area contributed by atoms with Crippen LogP contribution in [0.2, 0.25) is 0 Å². The first-order valence-electron chi connectivity index (χ1n) is 10.6. The van der Waals surface area contributed by atoms with E-state index in [9.17, 15) is 15.0 Å². The number of hydrogen-bond acceptors (Lipinski definition) is 7. The highest BCUT2D eigenvalue weighted by Crippen LogP contribution is 2.29. The number of carboxylic acid groups (broad SMARTS) is 1. The fourth-order valence-electron chi connectivity index (χ4n) is 3.78. The van der Waals surface area contributed by atoms with Crippen molar-refractivity contribution in [2.24, 2.45) is 7.05 Å². The van der Waals surface area contributed by atoms with Gasteiger partial charge in [0.1, 0.15) is 0 Å². The number of rotatable bonds is 9. The zero-order chi connectivity index (χ0) is 23.5. The van der Waals surface area contributed by atoms with E-state index in [1.807, 2.05) is 28.8 Å². The molecule has 10 nitrogen and oxygen atoms in total. The summed E-state index contributed by atoms with van der Waals surface area (Å²) in [5.74, 6) is -0.158. The number of para-hydroxylation sites is 2. The molecule has 4 N–H and O–H groups in total. The third-order valence-corrected chi connectivity index (χ3v) is 5.36. The Morgan fingerprint density at radius 3 is 2.82 bits per heavy atom. The Kier molecular flexibility index (Phi) is 6.27. The second-order valence-electron chi connectivity index (χ2n) is 7.89. The number of anilines is 1. The Labute approximate surface area is 190 Å². The van der Waals surface area contributed by atoms with Gasteiger partial charge in [-0.3, -0.25) is 4.98 Å². The van der Waals surface area contributed by atoms with E-state index < -0.39 is 12.1 Å². The molecule has 3 aromatic heterocycles. The van der Waals surface area contributed by atoms with Crippen LogP contribution in [0.1, 0.15) is 28.9 Å². The lowest BCUT2D eigenvalue weighted by atomic mass is 10.1. The van der Waals surface area contributed by atoms with Crippen molar-refractivity contribution in [3.63, 3.8) is 0 Å². The Bertz CT molecular complexity index is 1300. The van der Waals surface area contributed by atoms with Crippen molar-refractivity contribution >= 4 is 23.0 Å². The van der Waals surface area contributed by atoms with Crippen LogP contribution in [0.3, 0.4) is 0 Å². The molecule has 0 aliphatic carbocycles. The summed E-state index contributed by atoms with van der Waals surface area (Å²) >= 11 is 0. The molecule has 33 heavy (non-hydrogen) atoms. The van der Waals surface area contributed by atoms with Crippen molar-refractivity contribution in [1.29, 1.82) is 0 Å². The Morgan fingerprint density at radius 2 is 2.03 bits per heavy atom. The summed E-state index contributed by atoms with van der Waals surface area (Å²) in [5, 5.41) is 24.1. The first-order chi connectivity index (χ1) is 15.8. The number of aromatic nitrogens is 5. The van der Waals surface area contributed by atoms with E-state index in [1.54, 1.807) is 24.9 Å².